The quantitative estimate of drug-likeness (QED) is 0.755. The van der Waals surface area contributed by atoms with E-state index in [1.165, 1.54) is 42.8 Å². The van der Waals surface area contributed by atoms with Gasteiger partial charge in [0.2, 0.25) is 11.9 Å². The minimum atomic E-state index is -0.509. The topological polar surface area (TPSA) is 63.1 Å². The Bertz CT molecular complexity index is 819. The molecule has 138 valence electrons. The lowest BCUT2D eigenvalue weighted by Gasteiger charge is -2.17. The second-order valence-electron chi connectivity index (χ2n) is 6.54. The van der Waals surface area contributed by atoms with E-state index < -0.39 is 5.82 Å². The fourth-order valence-electron chi connectivity index (χ4n) is 3.06. The molecule has 2 aliphatic rings. The second kappa shape index (κ2) is 7.44. The van der Waals surface area contributed by atoms with E-state index in [0.717, 1.165) is 37.0 Å². The lowest BCUT2D eigenvalue weighted by molar-refractivity contribution is -0.113. The number of amides is 1. The summed E-state index contributed by atoms with van der Waals surface area (Å²) in [4.78, 5) is 14.5. The summed E-state index contributed by atoms with van der Waals surface area (Å²) in [5.41, 5.74) is 0.0875. The summed E-state index contributed by atoms with van der Waals surface area (Å²) >= 11 is 7.18. The first-order valence-corrected chi connectivity index (χ1v) is 10.1. The molecule has 6 nitrogen and oxygen atoms in total. The van der Waals surface area contributed by atoms with Crippen molar-refractivity contribution in [2.24, 2.45) is 0 Å². The zero-order valence-electron chi connectivity index (χ0n) is 14.1. The van der Waals surface area contributed by atoms with Gasteiger partial charge in [-0.3, -0.25) is 9.36 Å². The molecule has 0 unspecified atom stereocenters. The van der Waals surface area contributed by atoms with Gasteiger partial charge in [0, 0.05) is 24.2 Å². The van der Waals surface area contributed by atoms with E-state index in [1.54, 1.807) is 0 Å². The van der Waals surface area contributed by atoms with Crippen LogP contribution in [0.4, 0.5) is 16.0 Å². The van der Waals surface area contributed by atoms with Gasteiger partial charge in [-0.1, -0.05) is 23.4 Å². The van der Waals surface area contributed by atoms with E-state index in [1.807, 2.05) is 0 Å². The van der Waals surface area contributed by atoms with Gasteiger partial charge in [0.1, 0.15) is 5.82 Å². The molecular weight excluding hydrogens is 377 g/mol. The van der Waals surface area contributed by atoms with Crippen LogP contribution in [0.1, 0.15) is 31.7 Å². The van der Waals surface area contributed by atoms with Crippen molar-refractivity contribution in [2.45, 2.75) is 36.9 Å². The van der Waals surface area contributed by atoms with Crippen molar-refractivity contribution < 1.29 is 9.18 Å². The summed E-state index contributed by atoms with van der Waals surface area (Å²) in [6.07, 6.45) is 4.58. The molecular formula is C17H19ClFN5OS. The van der Waals surface area contributed by atoms with Gasteiger partial charge in [-0.2, -0.15) is 0 Å². The van der Waals surface area contributed by atoms with Crippen molar-refractivity contribution in [3.8, 4) is 0 Å². The molecule has 2 aromatic rings. The highest BCUT2D eigenvalue weighted by molar-refractivity contribution is 7.99. The highest BCUT2D eigenvalue weighted by Gasteiger charge is 2.32. The summed E-state index contributed by atoms with van der Waals surface area (Å²) in [6, 6.07) is 4.50. The number of anilines is 2. The normalized spacial score (nSPS) is 16.9. The molecule has 1 saturated carbocycles. The Morgan fingerprint density at radius 2 is 2.08 bits per heavy atom. The number of rotatable bonds is 6. The molecule has 0 spiro atoms. The summed E-state index contributed by atoms with van der Waals surface area (Å²) < 4.78 is 15.9. The molecule has 26 heavy (non-hydrogen) atoms. The van der Waals surface area contributed by atoms with Gasteiger partial charge in [0.15, 0.2) is 5.16 Å². The van der Waals surface area contributed by atoms with E-state index in [2.05, 4.69) is 25.0 Å². The van der Waals surface area contributed by atoms with Gasteiger partial charge in [0.05, 0.1) is 11.4 Å². The largest absolute Gasteiger partial charge is 0.341 e. The van der Waals surface area contributed by atoms with E-state index in [0.29, 0.717) is 11.1 Å². The Morgan fingerprint density at radius 1 is 1.31 bits per heavy atom. The van der Waals surface area contributed by atoms with Crippen molar-refractivity contribution >= 4 is 40.9 Å². The monoisotopic (exact) mass is 395 g/mol. The number of carbonyl (C=O) groups is 1. The number of carbonyl (C=O) groups excluding carboxylic acids is 1. The number of thioether (sulfide) groups is 1. The average molecular weight is 396 g/mol. The van der Waals surface area contributed by atoms with Gasteiger partial charge in [-0.05, 0) is 43.9 Å². The maximum absolute atomic E-state index is 13.7. The lowest BCUT2D eigenvalue weighted by atomic mass is 10.3. The Morgan fingerprint density at radius 3 is 2.81 bits per heavy atom. The number of nitrogens with zero attached hydrogens (tertiary/aromatic N) is 4. The Balaban J connectivity index is 1.43. The van der Waals surface area contributed by atoms with Crippen molar-refractivity contribution in [1.82, 2.24) is 14.8 Å². The summed E-state index contributed by atoms with van der Waals surface area (Å²) in [5.74, 6) is 0.236. The van der Waals surface area contributed by atoms with E-state index >= 15 is 0 Å². The maximum atomic E-state index is 13.7. The van der Waals surface area contributed by atoms with Crippen LogP contribution in [0.15, 0.2) is 23.4 Å². The van der Waals surface area contributed by atoms with Gasteiger partial charge < -0.3 is 10.2 Å². The van der Waals surface area contributed by atoms with Crippen molar-refractivity contribution in [1.29, 1.82) is 0 Å². The van der Waals surface area contributed by atoms with Gasteiger partial charge in [0.25, 0.3) is 0 Å². The summed E-state index contributed by atoms with van der Waals surface area (Å²) in [7, 11) is 0. The zero-order valence-corrected chi connectivity index (χ0v) is 15.7. The van der Waals surface area contributed by atoms with Crippen LogP contribution in [0.2, 0.25) is 5.02 Å². The molecule has 4 rings (SSSR count). The van der Waals surface area contributed by atoms with Crippen LogP contribution in [0.5, 0.6) is 0 Å². The average Bonchev–Trinajstić information content (AvgIpc) is 3.15. The predicted octanol–water partition coefficient (Wildman–Crippen LogP) is 3.74. The molecule has 0 atom stereocenters. The number of hydrogen-bond acceptors (Lipinski definition) is 5. The molecule has 1 aliphatic carbocycles. The first-order chi connectivity index (χ1) is 12.6. The van der Waals surface area contributed by atoms with Crippen molar-refractivity contribution in [3.63, 3.8) is 0 Å². The van der Waals surface area contributed by atoms with Crippen molar-refractivity contribution in [2.75, 3.05) is 29.1 Å². The highest BCUT2D eigenvalue weighted by atomic mass is 35.5. The van der Waals surface area contributed by atoms with Gasteiger partial charge in [-0.15, -0.1) is 10.2 Å². The first-order valence-electron chi connectivity index (χ1n) is 8.69. The van der Waals surface area contributed by atoms with Crippen LogP contribution in [-0.2, 0) is 4.79 Å². The molecule has 2 fully saturated rings. The van der Waals surface area contributed by atoms with Crippen LogP contribution in [0.3, 0.4) is 0 Å². The fraction of sp³-hybridized carbons (Fsp3) is 0.471. The molecule has 1 amide bonds. The number of nitrogens with one attached hydrogen (secondary N) is 1. The Kier molecular flexibility index (Phi) is 5.04. The molecule has 0 bridgehead atoms. The Labute approximate surface area is 160 Å². The number of halogens is 2. The van der Waals surface area contributed by atoms with E-state index in [-0.39, 0.29) is 17.3 Å². The molecule has 2 heterocycles. The molecule has 9 heteroatoms. The molecule has 1 aromatic heterocycles. The molecule has 1 saturated heterocycles. The Hall–Kier alpha value is -1.80. The molecule has 1 aliphatic heterocycles. The molecule has 0 radical (unpaired) electrons. The SMILES string of the molecule is O=C(CSc1nnc(N2CCCC2)n1C1CC1)Nc1cc(Cl)ccc1F. The minimum Gasteiger partial charge on any atom is -0.341 e. The van der Waals surface area contributed by atoms with E-state index in [9.17, 15) is 9.18 Å². The molecule has 1 aromatic carbocycles. The minimum absolute atomic E-state index is 0.0875. The van der Waals surface area contributed by atoms with Gasteiger partial charge in [-0.25, -0.2) is 4.39 Å². The van der Waals surface area contributed by atoms with Crippen LogP contribution >= 0.6 is 23.4 Å². The number of hydrogen-bond donors (Lipinski definition) is 1. The van der Waals surface area contributed by atoms with Gasteiger partial charge >= 0.3 is 0 Å². The standard InChI is InChI=1S/C17H19ClFN5OS/c18-11-3-6-13(19)14(9-11)20-15(25)10-26-17-22-21-16(23-7-1-2-8-23)24(17)12-4-5-12/h3,6,9,12H,1-2,4-5,7-8,10H2,(H,20,25). The number of aromatic nitrogens is 3. The highest BCUT2D eigenvalue weighted by Crippen LogP contribution is 2.41. The summed E-state index contributed by atoms with van der Waals surface area (Å²) in [5, 5.41) is 12.3. The van der Waals surface area contributed by atoms with Crippen LogP contribution in [-0.4, -0.2) is 39.5 Å². The predicted molar refractivity (Wildman–Crippen MR) is 101 cm³/mol. The third-order valence-electron chi connectivity index (χ3n) is 4.48. The van der Waals surface area contributed by atoms with Crippen LogP contribution in [0, 0.1) is 5.82 Å². The van der Waals surface area contributed by atoms with Crippen LogP contribution in [0.25, 0.3) is 0 Å². The van der Waals surface area contributed by atoms with Crippen LogP contribution < -0.4 is 10.2 Å². The zero-order chi connectivity index (χ0) is 18.1. The summed E-state index contributed by atoms with van der Waals surface area (Å²) in [6.45, 7) is 2.01. The second-order valence-corrected chi connectivity index (χ2v) is 7.92. The lowest BCUT2D eigenvalue weighted by Crippen LogP contribution is -2.22. The van der Waals surface area contributed by atoms with Crippen molar-refractivity contribution in [3.05, 3.63) is 29.0 Å². The first kappa shape index (κ1) is 17.6. The molecule has 1 N–H and O–H groups in total. The smallest absolute Gasteiger partial charge is 0.234 e. The fourth-order valence-corrected chi connectivity index (χ4v) is 4.04. The maximum Gasteiger partial charge on any atom is 0.234 e. The third kappa shape index (κ3) is 3.81. The van der Waals surface area contributed by atoms with E-state index in [4.69, 9.17) is 11.6 Å². The third-order valence-corrected chi connectivity index (χ3v) is 5.66. The number of benzene rings is 1.